The number of carbonyl (C=O) groups is 1. The molecule has 0 saturated carbocycles. The van der Waals surface area contributed by atoms with E-state index >= 15 is 0 Å². The average Bonchev–Trinajstić information content (AvgIpc) is 2.70. The van der Waals surface area contributed by atoms with Crippen LogP contribution in [-0.2, 0) is 0 Å². The number of nitrogens with zero attached hydrogens (tertiary/aromatic N) is 2. The number of piperidine rings is 3. The highest BCUT2D eigenvalue weighted by Gasteiger charge is 2.35. The lowest BCUT2D eigenvalue weighted by Gasteiger charge is -2.44. The van der Waals surface area contributed by atoms with Crippen molar-refractivity contribution >= 4 is 29.3 Å². The summed E-state index contributed by atoms with van der Waals surface area (Å²) in [4.78, 5) is 28.7. The highest BCUT2D eigenvalue weighted by Crippen LogP contribution is 2.29. The van der Waals surface area contributed by atoms with Crippen molar-refractivity contribution in [2.24, 2.45) is 5.92 Å². The van der Waals surface area contributed by atoms with Crippen LogP contribution in [0.1, 0.15) is 30.1 Å². The van der Waals surface area contributed by atoms with Crippen LogP contribution in [0.5, 0.6) is 0 Å². The molecule has 28 heavy (non-hydrogen) atoms. The van der Waals surface area contributed by atoms with Crippen LogP contribution in [-0.4, -0.2) is 46.8 Å². The van der Waals surface area contributed by atoms with E-state index in [1.54, 1.807) is 34.7 Å². The number of aromatic nitrogens is 1. The largest absolute Gasteiger partial charge is 0.348 e. The van der Waals surface area contributed by atoms with Gasteiger partial charge in [-0.3, -0.25) is 14.2 Å². The molecule has 0 aliphatic carbocycles. The first kappa shape index (κ1) is 19.6. The second-order valence-electron chi connectivity index (χ2n) is 7.39. The minimum absolute atomic E-state index is 0.119. The zero-order chi connectivity index (χ0) is 19.7. The van der Waals surface area contributed by atoms with Gasteiger partial charge in [-0.25, -0.2) is 0 Å². The number of nitrogens with one attached hydrogen (secondary N) is 1. The average molecular weight is 418 g/mol. The Morgan fingerprint density at radius 2 is 2.04 bits per heavy atom. The number of halogens is 1. The Bertz CT molecular complexity index is 937. The molecule has 2 bridgehead atoms. The molecule has 0 spiro atoms. The fourth-order valence-electron chi connectivity index (χ4n) is 4.15. The SMILES string of the molecule is CCSc1cc(Cl)ccc1-n1cc(C(=O)NC2CN3CCC2CC3)ccc1=O. The van der Waals surface area contributed by atoms with Crippen LogP contribution in [0.4, 0.5) is 0 Å². The molecule has 1 atom stereocenters. The van der Waals surface area contributed by atoms with Crippen LogP contribution < -0.4 is 10.9 Å². The number of carbonyl (C=O) groups excluding carboxylic acids is 1. The molecule has 1 N–H and O–H groups in total. The summed E-state index contributed by atoms with van der Waals surface area (Å²) in [5.74, 6) is 1.30. The van der Waals surface area contributed by atoms with E-state index in [1.807, 2.05) is 12.1 Å². The van der Waals surface area contributed by atoms with E-state index in [0.29, 0.717) is 16.5 Å². The predicted molar refractivity (Wildman–Crippen MR) is 114 cm³/mol. The van der Waals surface area contributed by atoms with Gasteiger partial charge in [-0.05, 0) is 61.9 Å². The van der Waals surface area contributed by atoms with Gasteiger partial charge in [0.15, 0.2) is 0 Å². The van der Waals surface area contributed by atoms with Gasteiger partial charge >= 0.3 is 0 Å². The Morgan fingerprint density at radius 3 is 2.71 bits per heavy atom. The molecule has 148 valence electrons. The third kappa shape index (κ3) is 4.00. The second kappa shape index (κ2) is 8.31. The Morgan fingerprint density at radius 1 is 1.25 bits per heavy atom. The summed E-state index contributed by atoms with van der Waals surface area (Å²) in [5, 5.41) is 3.82. The van der Waals surface area contributed by atoms with Crippen LogP contribution in [0.15, 0.2) is 46.2 Å². The minimum Gasteiger partial charge on any atom is -0.348 e. The molecular weight excluding hydrogens is 394 g/mol. The van der Waals surface area contributed by atoms with Gasteiger partial charge in [-0.2, -0.15) is 0 Å². The number of hydrogen-bond acceptors (Lipinski definition) is 4. The monoisotopic (exact) mass is 417 g/mol. The quantitative estimate of drug-likeness (QED) is 0.757. The number of fused-ring (bicyclic) bond motifs is 3. The maximum Gasteiger partial charge on any atom is 0.255 e. The molecule has 1 aromatic heterocycles. The maximum atomic E-state index is 12.9. The topological polar surface area (TPSA) is 54.3 Å². The number of benzene rings is 1. The van der Waals surface area contributed by atoms with Crippen molar-refractivity contribution in [2.45, 2.75) is 30.7 Å². The van der Waals surface area contributed by atoms with E-state index in [-0.39, 0.29) is 17.5 Å². The summed E-state index contributed by atoms with van der Waals surface area (Å²) in [6.45, 7) is 5.24. The third-order valence-corrected chi connectivity index (χ3v) is 6.79. The smallest absolute Gasteiger partial charge is 0.255 e. The Labute approximate surface area is 174 Å². The van der Waals surface area contributed by atoms with Crippen LogP contribution in [0.2, 0.25) is 5.02 Å². The second-order valence-corrected chi connectivity index (χ2v) is 9.13. The molecule has 5 rings (SSSR count). The lowest BCUT2D eigenvalue weighted by molar-refractivity contribution is 0.0620. The molecule has 3 fully saturated rings. The molecule has 2 aromatic rings. The van der Waals surface area contributed by atoms with Gasteiger partial charge < -0.3 is 10.2 Å². The third-order valence-electron chi connectivity index (χ3n) is 5.63. The van der Waals surface area contributed by atoms with Gasteiger partial charge in [-0.1, -0.05) is 18.5 Å². The van der Waals surface area contributed by atoms with Gasteiger partial charge in [0.1, 0.15) is 0 Å². The molecule has 0 radical (unpaired) electrons. The van der Waals surface area contributed by atoms with Crippen molar-refractivity contribution in [2.75, 3.05) is 25.4 Å². The highest BCUT2D eigenvalue weighted by atomic mass is 35.5. The summed E-state index contributed by atoms with van der Waals surface area (Å²) in [6, 6.07) is 8.72. The van der Waals surface area contributed by atoms with E-state index in [9.17, 15) is 9.59 Å². The minimum atomic E-state index is -0.167. The van der Waals surface area contributed by atoms with E-state index in [2.05, 4.69) is 17.1 Å². The molecule has 1 amide bonds. The van der Waals surface area contributed by atoms with Crippen molar-refractivity contribution in [3.05, 3.63) is 57.5 Å². The first-order chi connectivity index (χ1) is 13.5. The van der Waals surface area contributed by atoms with Crippen molar-refractivity contribution < 1.29 is 4.79 Å². The number of hydrogen-bond donors (Lipinski definition) is 1. The maximum absolute atomic E-state index is 12.9. The standard InChI is InChI=1S/C21H24ClN3O2S/c1-2-28-19-11-16(22)4-5-18(19)25-12-15(3-6-20(25)26)21(27)23-17-13-24-9-7-14(17)8-10-24/h3-6,11-12,14,17H,2,7-10,13H2,1H3,(H,23,27). The summed E-state index contributed by atoms with van der Waals surface area (Å²) < 4.78 is 1.54. The number of pyridine rings is 1. The Balaban J connectivity index is 1.61. The number of thioether (sulfide) groups is 1. The van der Waals surface area contributed by atoms with Crippen LogP contribution in [0.25, 0.3) is 5.69 Å². The summed E-state index contributed by atoms with van der Waals surface area (Å²) in [5.41, 5.74) is 1.08. The van der Waals surface area contributed by atoms with Crippen LogP contribution >= 0.6 is 23.4 Å². The van der Waals surface area contributed by atoms with Crippen molar-refractivity contribution in [3.8, 4) is 5.69 Å². The number of rotatable bonds is 5. The molecule has 1 aromatic carbocycles. The summed E-state index contributed by atoms with van der Waals surface area (Å²) in [6.07, 6.45) is 3.93. The number of amides is 1. The van der Waals surface area contributed by atoms with Crippen molar-refractivity contribution in [1.29, 1.82) is 0 Å². The molecule has 1 unspecified atom stereocenters. The van der Waals surface area contributed by atoms with E-state index in [0.717, 1.165) is 48.8 Å². The Hall–Kier alpha value is -1.76. The van der Waals surface area contributed by atoms with Gasteiger partial charge in [0.25, 0.3) is 11.5 Å². The molecule has 7 heteroatoms. The van der Waals surface area contributed by atoms with Gasteiger partial charge in [0.05, 0.1) is 11.3 Å². The van der Waals surface area contributed by atoms with Crippen molar-refractivity contribution in [1.82, 2.24) is 14.8 Å². The highest BCUT2D eigenvalue weighted by molar-refractivity contribution is 7.99. The van der Waals surface area contributed by atoms with E-state index in [4.69, 9.17) is 11.6 Å². The van der Waals surface area contributed by atoms with Gasteiger partial charge in [0, 0.05) is 34.8 Å². The van der Waals surface area contributed by atoms with Crippen molar-refractivity contribution in [3.63, 3.8) is 0 Å². The summed E-state index contributed by atoms with van der Waals surface area (Å²) in [7, 11) is 0. The molecule has 3 aliphatic heterocycles. The van der Waals surface area contributed by atoms with E-state index in [1.165, 1.54) is 6.07 Å². The lowest BCUT2D eigenvalue weighted by atomic mass is 9.84. The van der Waals surface area contributed by atoms with Crippen LogP contribution in [0, 0.1) is 5.92 Å². The Kier molecular flexibility index (Phi) is 5.80. The lowest BCUT2D eigenvalue weighted by Crippen LogP contribution is -2.57. The van der Waals surface area contributed by atoms with E-state index < -0.39 is 0 Å². The zero-order valence-electron chi connectivity index (χ0n) is 15.9. The zero-order valence-corrected chi connectivity index (χ0v) is 17.4. The van der Waals surface area contributed by atoms with Crippen LogP contribution in [0.3, 0.4) is 0 Å². The molecule has 4 heterocycles. The van der Waals surface area contributed by atoms with Gasteiger partial charge in [0.2, 0.25) is 0 Å². The first-order valence-electron chi connectivity index (χ1n) is 9.74. The molecule has 3 saturated heterocycles. The fraction of sp³-hybridized carbons (Fsp3) is 0.429. The normalized spacial score (nSPS) is 23.6. The fourth-order valence-corrected chi connectivity index (χ4v) is 5.22. The first-order valence-corrected chi connectivity index (χ1v) is 11.1. The molecule has 5 nitrogen and oxygen atoms in total. The molecule has 3 aliphatic rings. The van der Waals surface area contributed by atoms with Gasteiger partial charge in [-0.15, -0.1) is 11.8 Å². The predicted octanol–water partition coefficient (Wildman–Crippen LogP) is 3.43. The molecular formula is C21H24ClN3O2S. The summed E-state index contributed by atoms with van der Waals surface area (Å²) >= 11 is 7.75.